The van der Waals surface area contributed by atoms with Crippen LogP contribution in [0.1, 0.15) is 23.8 Å². The second-order valence-corrected chi connectivity index (χ2v) is 7.24. The number of thiophene rings is 1. The molecule has 1 saturated heterocycles. The molecule has 1 unspecified atom stereocenters. The molecule has 2 heterocycles. The summed E-state index contributed by atoms with van der Waals surface area (Å²) >= 11 is 7.89. The zero-order valence-electron chi connectivity index (χ0n) is 12.5. The first-order valence-electron chi connectivity index (χ1n) is 7.39. The summed E-state index contributed by atoms with van der Waals surface area (Å²) in [7, 11) is 0. The average Bonchev–Trinajstić information content (AvgIpc) is 3.03. The lowest BCUT2D eigenvalue weighted by Crippen LogP contribution is -2.65. The Morgan fingerprint density at radius 1 is 1.36 bits per heavy atom. The van der Waals surface area contributed by atoms with Crippen molar-refractivity contribution in [2.45, 2.75) is 32.0 Å². The fraction of sp³-hybridized carbons (Fsp3) is 0.353. The molecule has 0 radical (unpaired) electrons. The van der Waals surface area contributed by atoms with Gasteiger partial charge in [-0.1, -0.05) is 35.9 Å². The van der Waals surface area contributed by atoms with Crippen LogP contribution in [0, 0.1) is 0 Å². The largest absolute Gasteiger partial charge is 0.350 e. The highest BCUT2D eigenvalue weighted by molar-refractivity contribution is 7.09. The molecule has 1 amide bonds. The van der Waals surface area contributed by atoms with Crippen LogP contribution in [0.3, 0.4) is 0 Å². The molecule has 1 aromatic heterocycles. The molecule has 1 aliphatic heterocycles. The van der Waals surface area contributed by atoms with Crippen LogP contribution >= 0.6 is 22.9 Å². The zero-order chi connectivity index (χ0) is 15.6. The second-order valence-electron chi connectivity index (χ2n) is 5.80. The quantitative estimate of drug-likeness (QED) is 0.904. The molecule has 5 heteroatoms. The monoisotopic (exact) mass is 334 g/mol. The maximum absolute atomic E-state index is 12.5. The van der Waals surface area contributed by atoms with Crippen LogP contribution in [-0.2, 0) is 17.9 Å². The third-order valence-corrected chi connectivity index (χ3v) is 5.62. The number of amides is 1. The molecule has 0 saturated carbocycles. The summed E-state index contributed by atoms with van der Waals surface area (Å²) in [6, 6.07) is 11.9. The molecule has 116 valence electrons. The molecule has 1 N–H and O–H groups in total. The Hall–Kier alpha value is -1.36. The van der Waals surface area contributed by atoms with E-state index in [2.05, 4.69) is 10.2 Å². The lowest BCUT2D eigenvalue weighted by molar-refractivity contribution is -0.142. The van der Waals surface area contributed by atoms with E-state index in [0.29, 0.717) is 13.1 Å². The maximum Gasteiger partial charge on any atom is 0.240 e. The molecule has 0 spiro atoms. The van der Waals surface area contributed by atoms with Gasteiger partial charge < -0.3 is 5.32 Å². The smallest absolute Gasteiger partial charge is 0.240 e. The minimum atomic E-state index is -0.434. The van der Waals surface area contributed by atoms with Crippen LogP contribution in [0.2, 0.25) is 5.02 Å². The van der Waals surface area contributed by atoms with E-state index in [1.54, 1.807) is 11.3 Å². The number of likely N-dealkylation sites (tertiary alicyclic amines) is 1. The van der Waals surface area contributed by atoms with Crippen molar-refractivity contribution in [3.05, 3.63) is 57.2 Å². The van der Waals surface area contributed by atoms with E-state index >= 15 is 0 Å². The molecule has 0 aliphatic carbocycles. The topological polar surface area (TPSA) is 32.3 Å². The number of halogens is 1. The molecular formula is C17H19ClN2OS. The van der Waals surface area contributed by atoms with E-state index in [4.69, 9.17) is 11.6 Å². The van der Waals surface area contributed by atoms with Crippen molar-refractivity contribution >= 4 is 28.8 Å². The van der Waals surface area contributed by atoms with E-state index in [9.17, 15) is 4.79 Å². The van der Waals surface area contributed by atoms with Gasteiger partial charge in [0.1, 0.15) is 0 Å². The van der Waals surface area contributed by atoms with Gasteiger partial charge >= 0.3 is 0 Å². The van der Waals surface area contributed by atoms with E-state index in [0.717, 1.165) is 23.6 Å². The third kappa shape index (κ3) is 3.05. The van der Waals surface area contributed by atoms with Crippen molar-refractivity contribution in [3.8, 4) is 0 Å². The van der Waals surface area contributed by atoms with Gasteiger partial charge in [-0.05, 0) is 36.4 Å². The van der Waals surface area contributed by atoms with Crippen LogP contribution in [0.4, 0.5) is 0 Å². The Bertz CT molecular complexity index is 658. The summed E-state index contributed by atoms with van der Waals surface area (Å²) in [6.45, 7) is 4.25. The molecule has 2 aromatic rings. The maximum atomic E-state index is 12.5. The minimum absolute atomic E-state index is 0.0965. The Morgan fingerprint density at radius 2 is 2.18 bits per heavy atom. The number of nitrogens with zero attached hydrogens (tertiary/aromatic N) is 1. The van der Waals surface area contributed by atoms with E-state index < -0.39 is 5.54 Å². The molecule has 3 nitrogen and oxygen atoms in total. The summed E-state index contributed by atoms with van der Waals surface area (Å²) in [6.07, 6.45) is 0.883. The molecule has 0 bridgehead atoms. The van der Waals surface area contributed by atoms with Gasteiger partial charge in [-0.3, -0.25) is 9.69 Å². The van der Waals surface area contributed by atoms with Crippen molar-refractivity contribution in [1.29, 1.82) is 0 Å². The summed E-state index contributed by atoms with van der Waals surface area (Å²) in [4.78, 5) is 15.9. The van der Waals surface area contributed by atoms with Gasteiger partial charge in [-0.25, -0.2) is 0 Å². The number of carbonyl (C=O) groups excluding carboxylic acids is 1. The van der Waals surface area contributed by atoms with E-state index in [1.807, 2.05) is 48.7 Å². The number of nitrogens with one attached hydrogen (secondary N) is 1. The lowest BCUT2D eigenvalue weighted by atomic mass is 9.85. The molecule has 1 fully saturated rings. The summed E-state index contributed by atoms with van der Waals surface area (Å²) in [5.74, 6) is 0.0965. The molecule has 1 aromatic carbocycles. The summed E-state index contributed by atoms with van der Waals surface area (Å²) in [5, 5.41) is 5.84. The predicted octanol–water partition coefficient (Wildman–Crippen LogP) is 3.68. The minimum Gasteiger partial charge on any atom is -0.350 e. The van der Waals surface area contributed by atoms with E-state index in [-0.39, 0.29) is 5.91 Å². The summed E-state index contributed by atoms with van der Waals surface area (Å²) in [5.41, 5.74) is 0.636. The Labute approximate surface area is 139 Å². The van der Waals surface area contributed by atoms with Crippen molar-refractivity contribution in [3.63, 3.8) is 0 Å². The molecule has 3 rings (SSSR count). The SMILES string of the molecule is CC1(C(=O)NCc2cccs2)CCN1Cc1ccccc1Cl. The van der Waals surface area contributed by atoms with Gasteiger partial charge in [0.15, 0.2) is 0 Å². The first-order chi connectivity index (χ1) is 10.6. The highest BCUT2D eigenvalue weighted by Crippen LogP contribution is 2.33. The van der Waals surface area contributed by atoms with Gasteiger partial charge in [0.25, 0.3) is 0 Å². The first-order valence-corrected chi connectivity index (χ1v) is 8.64. The predicted molar refractivity (Wildman–Crippen MR) is 91.0 cm³/mol. The van der Waals surface area contributed by atoms with Crippen molar-refractivity contribution in [1.82, 2.24) is 10.2 Å². The molecule has 22 heavy (non-hydrogen) atoms. The normalized spacial score (nSPS) is 21.4. The molecular weight excluding hydrogens is 316 g/mol. The van der Waals surface area contributed by atoms with Crippen LogP contribution in [0.25, 0.3) is 0 Å². The van der Waals surface area contributed by atoms with Gasteiger partial charge in [0, 0.05) is 23.0 Å². The van der Waals surface area contributed by atoms with Crippen molar-refractivity contribution in [2.75, 3.05) is 6.54 Å². The second kappa shape index (κ2) is 6.41. The van der Waals surface area contributed by atoms with Crippen LogP contribution in [-0.4, -0.2) is 22.9 Å². The van der Waals surface area contributed by atoms with Crippen LogP contribution in [0.5, 0.6) is 0 Å². The Kier molecular flexibility index (Phi) is 4.52. The van der Waals surface area contributed by atoms with E-state index in [1.165, 1.54) is 4.88 Å². The molecule has 1 atom stereocenters. The number of benzene rings is 1. The van der Waals surface area contributed by atoms with Gasteiger partial charge in [-0.2, -0.15) is 0 Å². The molecule has 1 aliphatic rings. The first kappa shape index (κ1) is 15.5. The number of hydrogen-bond acceptors (Lipinski definition) is 3. The number of hydrogen-bond donors (Lipinski definition) is 1. The van der Waals surface area contributed by atoms with Crippen molar-refractivity contribution in [2.24, 2.45) is 0 Å². The lowest BCUT2D eigenvalue weighted by Gasteiger charge is -2.49. The van der Waals surface area contributed by atoms with Crippen LogP contribution in [0.15, 0.2) is 41.8 Å². The van der Waals surface area contributed by atoms with Gasteiger partial charge in [-0.15, -0.1) is 11.3 Å². The van der Waals surface area contributed by atoms with Crippen LogP contribution < -0.4 is 5.32 Å². The highest BCUT2D eigenvalue weighted by Gasteiger charge is 2.46. The van der Waals surface area contributed by atoms with Gasteiger partial charge in [0.2, 0.25) is 5.91 Å². The Balaban J connectivity index is 1.62. The number of carbonyl (C=O) groups is 1. The third-order valence-electron chi connectivity index (χ3n) is 4.38. The standard InChI is InChI=1S/C17H19ClN2OS/c1-17(16(21)19-11-14-6-4-10-22-14)8-9-20(17)12-13-5-2-3-7-15(13)18/h2-7,10H,8-9,11-12H2,1H3,(H,19,21). The van der Waals surface area contributed by atoms with Crippen molar-refractivity contribution < 1.29 is 4.79 Å². The highest BCUT2D eigenvalue weighted by atomic mass is 35.5. The fourth-order valence-corrected chi connectivity index (χ4v) is 3.56. The number of rotatable bonds is 5. The average molecular weight is 335 g/mol. The summed E-state index contributed by atoms with van der Waals surface area (Å²) < 4.78 is 0. The Morgan fingerprint density at radius 3 is 2.82 bits per heavy atom. The van der Waals surface area contributed by atoms with Gasteiger partial charge in [0.05, 0.1) is 12.1 Å². The zero-order valence-corrected chi connectivity index (χ0v) is 14.1. The fourth-order valence-electron chi connectivity index (χ4n) is 2.72.